The maximum absolute atomic E-state index is 12.4. The summed E-state index contributed by atoms with van der Waals surface area (Å²) in [4.78, 5) is 0. The van der Waals surface area contributed by atoms with E-state index in [9.17, 15) is 8.42 Å². The van der Waals surface area contributed by atoms with Crippen molar-refractivity contribution in [2.24, 2.45) is 5.92 Å². The zero-order valence-electron chi connectivity index (χ0n) is 10.6. The fraction of sp³-hybridized carbons (Fsp3) is 0.571. The predicted octanol–water partition coefficient (Wildman–Crippen LogP) is 1.70. The average molecular weight is 265 g/mol. The van der Waals surface area contributed by atoms with Gasteiger partial charge in [-0.05, 0) is 36.4 Å². The highest BCUT2D eigenvalue weighted by atomic mass is 32.2. The Morgan fingerprint density at radius 3 is 2.89 bits per heavy atom. The van der Waals surface area contributed by atoms with Crippen molar-refractivity contribution in [3.05, 3.63) is 35.4 Å². The molecule has 1 aliphatic carbocycles. The van der Waals surface area contributed by atoms with Gasteiger partial charge in [0, 0.05) is 6.04 Å². The summed E-state index contributed by atoms with van der Waals surface area (Å²) in [7, 11) is -2.97. The number of sulfone groups is 1. The van der Waals surface area contributed by atoms with Crippen LogP contribution in [0.5, 0.6) is 0 Å². The average Bonchev–Trinajstić information content (AvgIpc) is 2.45. The number of rotatable bonds is 0. The molecule has 4 heteroatoms. The van der Waals surface area contributed by atoms with Crippen molar-refractivity contribution >= 4 is 9.84 Å². The first-order valence-corrected chi connectivity index (χ1v) is 8.32. The third kappa shape index (κ3) is 1.97. The molecule has 0 bridgehead atoms. The Kier molecular flexibility index (Phi) is 2.94. The van der Waals surface area contributed by atoms with Gasteiger partial charge >= 0.3 is 0 Å². The Bertz CT molecular complexity index is 553. The molecule has 1 aromatic carbocycles. The van der Waals surface area contributed by atoms with Crippen LogP contribution in [0.15, 0.2) is 24.3 Å². The SMILES string of the molecule is CC1CNC2c3ccccc3CCC2S(=O)(=O)C1. The van der Waals surface area contributed by atoms with Crippen molar-refractivity contribution in [1.82, 2.24) is 5.32 Å². The smallest absolute Gasteiger partial charge is 0.155 e. The molecule has 1 aliphatic heterocycles. The summed E-state index contributed by atoms with van der Waals surface area (Å²) in [5, 5.41) is 3.23. The summed E-state index contributed by atoms with van der Waals surface area (Å²) < 4.78 is 24.8. The van der Waals surface area contributed by atoms with E-state index >= 15 is 0 Å². The number of aryl methyl sites for hydroxylation is 1. The van der Waals surface area contributed by atoms with E-state index in [1.807, 2.05) is 19.1 Å². The fourth-order valence-electron chi connectivity index (χ4n) is 3.27. The van der Waals surface area contributed by atoms with E-state index in [0.717, 1.165) is 19.4 Å². The van der Waals surface area contributed by atoms with E-state index in [-0.39, 0.29) is 17.2 Å². The monoisotopic (exact) mass is 265 g/mol. The standard InChI is InChI=1S/C14H19NO2S/c1-10-8-15-14-12-5-3-2-4-11(12)6-7-13(14)18(16,17)9-10/h2-5,10,13-15H,6-9H2,1H3. The molecular weight excluding hydrogens is 246 g/mol. The quantitative estimate of drug-likeness (QED) is 0.776. The van der Waals surface area contributed by atoms with Gasteiger partial charge in [0.25, 0.3) is 0 Å². The minimum absolute atomic E-state index is 0.00935. The molecule has 3 rings (SSSR count). The van der Waals surface area contributed by atoms with Crippen molar-refractivity contribution in [3.63, 3.8) is 0 Å². The minimum atomic E-state index is -2.97. The van der Waals surface area contributed by atoms with Crippen LogP contribution in [0.3, 0.4) is 0 Å². The highest BCUT2D eigenvalue weighted by Crippen LogP contribution is 2.36. The number of hydrogen-bond acceptors (Lipinski definition) is 3. The maximum Gasteiger partial charge on any atom is 0.155 e. The lowest BCUT2D eigenvalue weighted by molar-refractivity contribution is 0.446. The normalized spacial score (nSPS) is 34.2. The van der Waals surface area contributed by atoms with Crippen LogP contribution >= 0.6 is 0 Å². The van der Waals surface area contributed by atoms with Crippen molar-refractivity contribution in [2.75, 3.05) is 12.3 Å². The van der Waals surface area contributed by atoms with Gasteiger partial charge in [0.1, 0.15) is 0 Å². The van der Waals surface area contributed by atoms with E-state index in [0.29, 0.717) is 5.75 Å². The van der Waals surface area contributed by atoms with Crippen molar-refractivity contribution < 1.29 is 8.42 Å². The van der Waals surface area contributed by atoms with E-state index in [4.69, 9.17) is 0 Å². The molecule has 1 fully saturated rings. The van der Waals surface area contributed by atoms with Crippen LogP contribution in [0.2, 0.25) is 0 Å². The van der Waals surface area contributed by atoms with Crippen molar-refractivity contribution in [2.45, 2.75) is 31.1 Å². The second kappa shape index (κ2) is 4.35. The zero-order valence-corrected chi connectivity index (χ0v) is 11.4. The molecule has 0 spiro atoms. The van der Waals surface area contributed by atoms with Gasteiger partial charge in [0.15, 0.2) is 9.84 Å². The molecule has 1 heterocycles. The second-order valence-corrected chi connectivity index (χ2v) is 7.86. The first-order valence-electron chi connectivity index (χ1n) is 6.60. The van der Waals surface area contributed by atoms with Crippen LogP contribution in [0, 0.1) is 5.92 Å². The van der Waals surface area contributed by atoms with Crippen molar-refractivity contribution in [3.8, 4) is 0 Å². The molecule has 3 nitrogen and oxygen atoms in total. The van der Waals surface area contributed by atoms with Gasteiger partial charge in [0.05, 0.1) is 11.0 Å². The lowest BCUT2D eigenvalue weighted by atomic mass is 9.87. The molecule has 0 amide bonds. The molecule has 0 radical (unpaired) electrons. The number of hydrogen-bond donors (Lipinski definition) is 1. The summed E-state index contributed by atoms with van der Waals surface area (Å²) in [6.45, 7) is 2.79. The first kappa shape index (κ1) is 12.2. The lowest BCUT2D eigenvalue weighted by Crippen LogP contribution is -2.38. The number of fused-ring (bicyclic) bond motifs is 3. The van der Waals surface area contributed by atoms with Gasteiger partial charge < -0.3 is 5.32 Å². The Morgan fingerprint density at radius 2 is 2.06 bits per heavy atom. The number of nitrogens with one attached hydrogen (secondary N) is 1. The molecule has 2 aliphatic rings. The molecule has 1 N–H and O–H groups in total. The molecule has 3 atom stereocenters. The molecule has 0 saturated carbocycles. The Morgan fingerprint density at radius 1 is 1.28 bits per heavy atom. The summed E-state index contributed by atoms with van der Waals surface area (Å²) >= 11 is 0. The van der Waals surface area contributed by atoms with Crippen molar-refractivity contribution in [1.29, 1.82) is 0 Å². The van der Waals surface area contributed by atoms with Gasteiger partial charge in [-0.1, -0.05) is 31.2 Å². The molecule has 1 saturated heterocycles. The van der Waals surface area contributed by atoms with Gasteiger partial charge in [-0.2, -0.15) is 0 Å². The Labute approximate surface area is 109 Å². The summed E-state index contributed by atoms with van der Waals surface area (Å²) in [6.07, 6.45) is 1.64. The van der Waals surface area contributed by atoms with E-state index in [1.54, 1.807) is 0 Å². The Balaban J connectivity index is 2.06. The maximum atomic E-state index is 12.4. The highest BCUT2D eigenvalue weighted by molar-refractivity contribution is 7.92. The summed E-state index contributed by atoms with van der Waals surface area (Å²) in [6, 6.07) is 8.22. The molecule has 98 valence electrons. The summed E-state index contributed by atoms with van der Waals surface area (Å²) in [5.41, 5.74) is 2.49. The summed E-state index contributed by atoms with van der Waals surface area (Å²) in [5.74, 6) is 0.524. The lowest BCUT2D eigenvalue weighted by Gasteiger charge is -2.32. The van der Waals surface area contributed by atoms with Crippen LogP contribution in [-0.4, -0.2) is 26.0 Å². The van der Waals surface area contributed by atoms with Gasteiger partial charge in [-0.15, -0.1) is 0 Å². The molecule has 3 unspecified atom stereocenters. The highest BCUT2D eigenvalue weighted by Gasteiger charge is 2.40. The second-order valence-electron chi connectivity index (χ2n) is 5.60. The first-order chi connectivity index (χ1) is 8.58. The zero-order chi connectivity index (χ0) is 12.8. The van der Waals surface area contributed by atoms with Gasteiger partial charge in [-0.3, -0.25) is 0 Å². The van der Waals surface area contributed by atoms with Gasteiger partial charge in [0.2, 0.25) is 0 Å². The topological polar surface area (TPSA) is 46.2 Å². The van der Waals surface area contributed by atoms with Crippen LogP contribution in [0.4, 0.5) is 0 Å². The number of benzene rings is 1. The predicted molar refractivity (Wildman–Crippen MR) is 72.2 cm³/mol. The minimum Gasteiger partial charge on any atom is -0.309 e. The van der Waals surface area contributed by atoms with E-state index in [1.165, 1.54) is 11.1 Å². The van der Waals surface area contributed by atoms with Gasteiger partial charge in [-0.25, -0.2) is 8.42 Å². The molecule has 18 heavy (non-hydrogen) atoms. The molecular formula is C14H19NO2S. The molecule has 0 aromatic heterocycles. The van der Waals surface area contributed by atoms with E-state index < -0.39 is 9.84 Å². The third-order valence-electron chi connectivity index (χ3n) is 4.12. The fourth-order valence-corrected chi connectivity index (χ4v) is 5.56. The van der Waals surface area contributed by atoms with Crippen LogP contribution in [0.1, 0.15) is 30.5 Å². The van der Waals surface area contributed by atoms with E-state index in [2.05, 4.69) is 17.4 Å². The largest absolute Gasteiger partial charge is 0.309 e. The van der Waals surface area contributed by atoms with Crippen LogP contribution in [0.25, 0.3) is 0 Å². The third-order valence-corrected chi connectivity index (χ3v) is 6.59. The Hall–Kier alpha value is -0.870. The van der Waals surface area contributed by atoms with Crippen LogP contribution in [-0.2, 0) is 16.3 Å². The molecule has 1 aromatic rings. The van der Waals surface area contributed by atoms with Crippen LogP contribution < -0.4 is 5.32 Å².